The maximum atomic E-state index is 9.99. The van der Waals surface area contributed by atoms with Crippen LogP contribution in [0.15, 0.2) is 66.7 Å². The van der Waals surface area contributed by atoms with E-state index in [2.05, 4.69) is 38.2 Å². The minimum absolute atomic E-state index is 0.0607. The van der Waals surface area contributed by atoms with Crippen LogP contribution in [0.25, 0.3) is 0 Å². The Balaban J connectivity index is 1.67. The average molecular weight is 382 g/mol. The first-order chi connectivity index (χ1) is 12.8. The molecule has 3 aromatic carbocycles. The zero-order valence-electron chi connectivity index (χ0n) is 15.8. The molecule has 0 saturated heterocycles. The summed E-state index contributed by atoms with van der Waals surface area (Å²) in [6, 6.07) is 21.3. The Kier molecular flexibility index (Phi) is 5.62. The van der Waals surface area contributed by atoms with Crippen molar-refractivity contribution in [2.24, 2.45) is 0 Å². The third-order valence-electron chi connectivity index (χ3n) is 4.32. The number of phenolic OH excluding ortho intramolecular Hbond substituents is 1. The van der Waals surface area contributed by atoms with Gasteiger partial charge in [0.2, 0.25) is 0 Å². The molecule has 0 aliphatic rings. The van der Waals surface area contributed by atoms with Crippen molar-refractivity contribution >= 4 is 17.3 Å². The fourth-order valence-electron chi connectivity index (χ4n) is 2.73. The van der Waals surface area contributed by atoms with Crippen molar-refractivity contribution in [3.63, 3.8) is 0 Å². The Labute approximate surface area is 165 Å². The highest BCUT2D eigenvalue weighted by Gasteiger charge is 2.13. The van der Waals surface area contributed by atoms with Gasteiger partial charge in [0.1, 0.15) is 11.5 Å². The first kappa shape index (κ1) is 19.1. The van der Waals surface area contributed by atoms with Gasteiger partial charge in [0.15, 0.2) is 5.75 Å². The molecule has 0 heterocycles. The number of hydrogen-bond acceptors (Lipinski definition) is 3. The second-order valence-corrected chi connectivity index (χ2v) is 7.92. The molecule has 0 aliphatic carbocycles. The van der Waals surface area contributed by atoms with Crippen molar-refractivity contribution in [3.05, 3.63) is 82.9 Å². The standard InChI is InChI=1S/C23H24ClNO2/c1-23(2,3)17-10-12-18(13-11-17)27-19-7-4-6-16(14-19)15-25-21-9-5-8-20(24)22(21)26/h4-14,25-26H,15H2,1-3H3. The molecule has 2 N–H and O–H groups in total. The summed E-state index contributed by atoms with van der Waals surface area (Å²) in [7, 11) is 0. The van der Waals surface area contributed by atoms with Crippen LogP contribution in [0.2, 0.25) is 5.02 Å². The predicted octanol–water partition coefficient (Wildman–Crippen LogP) is 6.75. The van der Waals surface area contributed by atoms with E-state index in [0.717, 1.165) is 17.1 Å². The summed E-state index contributed by atoms with van der Waals surface area (Å²) in [5, 5.41) is 13.5. The molecular formula is C23H24ClNO2. The number of phenols is 1. The zero-order valence-corrected chi connectivity index (χ0v) is 16.5. The summed E-state index contributed by atoms with van der Waals surface area (Å²) in [5.41, 5.74) is 3.04. The van der Waals surface area contributed by atoms with Gasteiger partial charge in [0.05, 0.1) is 10.7 Å². The van der Waals surface area contributed by atoms with Gasteiger partial charge in [-0.1, -0.05) is 62.7 Å². The molecule has 0 fully saturated rings. The van der Waals surface area contributed by atoms with Gasteiger partial charge < -0.3 is 15.2 Å². The Morgan fingerprint density at radius 1 is 0.926 bits per heavy atom. The third kappa shape index (κ3) is 4.95. The summed E-state index contributed by atoms with van der Waals surface area (Å²) in [6.45, 7) is 7.12. The van der Waals surface area contributed by atoms with Gasteiger partial charge in [-0.15, -0.1) is 0 Å². The van der Waals surface area contributed by atoms with E-state index in [0.29, 0.717) is 17.3 Å². The zero-order chi connectivity index (χ0) is 19.4. The van der Waals surface area contributed by atoms with Gasteiger partial charge in [-0.2, -0.15) is 0 Å². The van der Waals surface area contributed by atoms with Gasteiger partial charge in [-0.3, -0.25) is 0 Å². The molecule has 0 atom stereocenters. The summed E-state index contributed by atoms with van der Waals surface area (Å²) in [5.74, 6) is 1.64. The van der Waals surface area contributed by atoms with Gasteiger partial charge in [0.25, 0.3) is 0 Å². The smallest absolute Gasteiger partial charge is 0.157 e. The SMILES string of the molecule is CC(C)(C)c1ccc(Oc2cccc(CNc3cccc(Cl)c3O)c2)cc1. The van der Waals surface area contributed by atoms with E-state index in [1.165, 1.54) is 5.56 Å². The largest absolute Gasteiger partial charge is 0.504 e. The topological polar surface area (TPSA) is 41.5 Å². The van der Waals surface area contributed by atoms with Crippen molar-refractivity contribution in [1.29, 1.82) is 0 Å². The van der Waals surface area contributed by atoms with Crippen molar-refractivity contribution in [1.82, 2.24) is 0 Å². The number of ether oxygens (including phenoxy) is 1. The van der Waals surface area contributed by atoms with Crippen molar-refractivity contribution < 1.29 is 9.84 Å². The van der Waals surface area contributed by atoms with Crippen molar-refractivity contribution in [3.8, 4) is 17.2 Å². The van der Waals surface area contributed by atoms with Crippen LogP contribution in [-0.4, -0.2) is 5.11 Å². The van der Waals surface area contributed by atoms with Gasteiger partial charge in [-0.05, 0) is 52.9 Å². The first-order valence-electron chi connectivity index (χ1n) is 8.91. The molecule has 3 nitrogen and oxygen atoms in total. The van der Waals surface area contributed by atoms with Gasteiger partial charge in [-0.25, -0.2) is 0 Å². The van der Waals surface area contributed by atoms with Crippen LogP contribution in [0.4, 0.5) is 5.69 Å². The molecular weight excluding hydrogens is 358 g/mol. The van der Waals surface area contributed by atoms with E-state index in [-0.39, 0.29) is 11.2 Å². The van der Waals surface area contributed by atoms with Crippen LogP contribution in [0.3, 0.4) is 0 Å². The molecule has 4 heteroatoms. The molecule has 3 aromatic rings. The molecule has 0 bridgehead atoms. The lowest BCUT2D eigenvalue weighted by atomic mass is 9.87. The highest BCUT2D eigenvalue weighted by atomic mass is 35.5. The number of rotatable bonds is 5. The monoisotopic (exact) mass is 381 g/mol. The summed E-state index contributed by atoms with van der Waals surface area (Å²) in [6.07, 6.45) is 0. The predicted molar refractivity (Wildman–Crippen MR) is 112 cm³/mol. The fraction of sp³-hybridized carbons (Fsp3) is 0.217. The van der Waals surface area contributed by atoms with Crippen LogP contribution < -0.4 is 10.1 Å². The summed E-state index contributed by atoms with van der Waals surface area (Å²) >= 11 is 5.94. The normalized spacial score (nSPS) is 11.3. The Morgan fingerprint density at radius 3 is 2.33 bits per heavy atom. The number of anilines is 1. The molecule has 0 spiro atoms. The van der Waals surface area contributed by atoms with E-state index in [1.54, 1.807) is 18.2 Å². The summed E-state index contributed by atoms with van der Waals surface area (Å²) in [4.78, 5) is 0. The van der Waals surface area contributed by atoms with Crippen molar-refractivity contribution in [2.75, 3.05) is 5.32 Å². The molecule has 0 aliphatic heterocycles. The van der Waals surface area contributed by atoms with Gasteiger partial charge in [0, 0.05) is 6.54 Å². The van der Waals surface area contributed by atoms with Crippen molar-refractivity contribution in [2.45, 2.75) is 32.7 Å². The first-order valence-corrected chi connectivity index (χ1v) is 9.29. The van der Waals surface area contributed by atoms with Crippen LogP contribution in [0.5, 0.6) is 17.2 Å². The molecule has 0 radical (unpaired) electrons. The van der Waals surface area contributed by atoms with Crippen LogP contribution in [0.1, 0.15) is 31.9 Å². The number of nitrogens with one attached hydrogen (secondary N) is 1. The number of aromatic hydroxyl groups is 1. The second-order valence-electron chi connectivity index (χ2n) is 7.51. The molecule has 27 heavy (non-hydrogen) atoms. The Morgan fingerprint density at radius 2 is 1.63 bits per heavy atom. The highest BCUT2D eigenvalue weighted by molar-refractivity contribution is 6.32. The van der Waals surface area contributed by atoms with Crippen LogP contribution >= 0.6 is 11.6 Å². The Hall–Kier alpha value is -2.65. The molecule has 3 rings (SSSR count). The second kappa shape index (κ2) is 7.93. The minimum atomic E-state index is 0.0607. The molecule has 140 valence electrons. The lowest BCUT2D eigenvalue weighted by molar-refractivity contribution is 0.477. The van der Waals surface area contributed by atoms with E-state index in [1.807, 2.05) is 36.4 Å². The third-order valence-corrected chi connectivity index (χ3v) is 4.63. The highest BCUT2D eigenvalue weighted by Crippen LogP contribution is 2.32. The number of benzene rings is 3. The summed E-state index contributed by atoms with van der Waals surface area (Å²) < 4.78 is 5.98. The minimum Gasteiger partial charge on any atom is -0.504 e. The number of halogens is 1. The maximum Gasteiger partial charge on any atom is 0.157 e. The molecule has 0 aromatic heterocycles. The van der Waals surface area contributed by atoms with E-state index in [9.17, 15) is 5.11 Å². The average Bonchev–Trinajstić information content (AvgIpc) is 2.63. The van der Waals surface area contributed by atoms with E-state index < -0.39 is 0 Å². The fourth-order valence-corrected chi connectivity index (χ4v) is 2.91. The lowest BCUT2D eigenvalue weighted by Gasteiger charge is -2.19. The van der Waals surface area contributed by atoms with Gasteiger partial charge >= 0.3 is 0 Å². The molecule has 0 amide bonds. The molecule has 0 unspecified atom stereocenters. The molecule has 0 saturated carbocycles. The maximum absolute atomic E-state index is 9.99. The van der Waals surface area contributed by atoms with Crippen LogP contribution in [-0.2, 0) is 12.0 Å². The number of hydrogen-bond donors (Lipinski definition) is 2. The van der Waals surface area contributed by atoms with E-state index >= 15 is 0 Å². The Bertz CT molecular complexity index is 914. The number of para-hydroxylation sites is 1. The quantitative estimate of drug-likeness (QED) is 0.480. The lowest BCUT2D eigenvalue weighted by Crippen LogP contribution is -2.10. The van der Waals surface area contributed by atoms with Crippen LogP contribution in [0, 0.1) is 0 Å². The van der Waals surface area contributed by atoms with E-state index in [4.69, 9.17) is 16.3 Å².